The molecule has 0 atom stereocenters. The smallest absolute Gasteiger partial charge is 0.135 e. The zero-order chi connectivity index (χ0) is 47.4. The summed E-state index contributed by atoms with van der Waals surface area (Å²) in [6.07, 6.45) is 1.90. The van der Waals surface area contributed by atoms with Crippen LogP contribution in [0.25, 0.3) is 82.6 Å². The Labute approximate surface area is 431 Å². The summed E-state index contributed by atoms with van der Waals surface area (Å²) in [5.41, 5.74) is 13.7. The molecule has 0 fully saturated rings. The first-order chi connectivity index (χ1) is 34.9. The van der Waals surface area contributed by atoms with Crippen molar-refractivity contribution in [3.8, 4) is 28.7 Å². The minimum Gasteiger partial charge on any atom is -0.509 e. The topological polar surface area (TPSA) is 43.4 Å². The van der Waals surface area contributed by atoms with E-state index < -0.39 is 0 Å². The molecule has 72 heavy (non-hydrogen) atoms. The van der Waals surface area contributed by atoms with Crippen molar-refractivity contribution in [2.24, 2.45) is 0 Å². The van der Waals surface area contributed by atoms with Crippen LogP contribution in [0.3, 0.4) is 0 Å². The van der Waals surface area contributed by atoms with Crippen LogP contribution in [0.2, 0.25) is 0 Å². The van der Waals surface area contributed by atoms with Gasteiger partial charge in [0.2, 0.25) is 0 Å². The molecule has 0 saturated carbocycles. The van der Waals surface area contributed by atoms with E-state index in [9.17, 15) is 0 Å². The van der Waals surface area contributed by atoms with Gasteiger partial charge in [0.05, 0.1) is 39.1 Å². The molecule has 0 amide bonds. The standard InChI is InChI=1S/C64H45N6O.Pt/c1-64(2,3)42-36-37-65-62(38-42)70-56-29-13-8-24-50(56)51-35-34-45(40-61(51)70)71-44-19-16-18-43(39-44)66-41-67(58-31-15-14-30-57(58)66)63-59(68-52-25-9-4-20-46(52)47-21-5-10-26-53(47)68)32-17-33-60(63)69-54-27-11-6-22-48(54)49-23-7-12-28-55(49)69;/h4-38,41H,1-3H3;/q-3;. The Morgan fingerprint density at radius 2 is 0.889 bits per heavy atom. The van der Waals surface area contributed by atoms with E-state index in [2.05, 4.69) is 251 Å². The first kappa shape index (κ1) is 43.6. The van der Waals surface area contributed by atoms with Gasteiger partial charge in [0.15, 0.2) is 0 Å². The van der Waals surface area contributed by atoms with Crippen molar-refractivity contribution in [2.45, 2.75) is 26.2 Å². The third kappa shape index (κ3) is 6.79. The molecule has 8 heteroatoms. The van der Waals surface area contributed by atoms with Crippen LogP contribution in [0.15, 0.2) is 212 Å². The second-order valence-electron chi connectivity index (χ2n) is 19.3. The van der Waals surface area contributed by atoms with E-state index >= 15 is 0 Å². The third-order valence-corrected chi connectivity index (χ3v) is 14.1. The van der Waals surface area contributed by atoms with E-state index in [4.69, 9.17) is 9.72 Å². The number of hydrogen-bond donors (Lipinski definition) is 0. The van der Waals surface area contributed by atoms with Gasteiger partial charge in [0.25, 0.3) is 0 Å². The van der Waals surface area contributed by atoms with Crippen LogP contribution < -0.4 is 14.5 Å². The van der Waals surface area contributed by atoms with Gasteiger partial charge in [-0.25, -0.2) is 4.98 Å². The molecule has 0 aliphatic carbocycles. The van der Waals surface area contributed by atoms with E-state index in [0.29, 0.717) is 11.5 Å². The van der Waals surface area contributed by atoms with Crippen molar-refractivity contribution in [1.82, 2.24) is 18.7 Å². The van der Waals surface area contributed by atoms with Crippen LogP contribution in [0.1, 0.15) is 26.3 Å². The fraction of sp³-hybridized carbons (Fsp3) is 0.0625. The molecule has 0 spiro atoms. The SMILES string of the molecule is CC(C)(C)c1ccnc(-n2c3[c-]c(Oc4[c-]c(N5[CH-]N(c6c(-n7c8ccccc8c8ccccc87)cccc6-n6c7ccccc7c7ccccc76)c6ccccc65)ccc4)ccc3c3ccccc32)c1.[Pt]. The Balaban J connectivity index is 0.00000504. The van der Waals surface area contributed by atoms with Crippen LogP contribution in [0.5, 0.6) is 11.5 Å². The molecular formula is C64H45N6OPt-3. The fourth-order valence-electron chi connectivity index (χ4n) is 10.9. The Morgan fingerprint density at radius 3 is 1.44 bits per heavy atom. The van der Waals surface area contributed by atoms with Crippen molar-refractivity contribution in [3.05, 3.63) is 237 Å². The number of hydrogen-bond acceptors (Lipinski definition) is 4. The molecule has 0 saturated heterocycles. The van der Waals surface area contributed by atoms with Crippen molar-refractivity contribution in [1.29, 1.82) is 0 Å². The van der Waals surface area contributed by atoms with Crippen molar-refractivity contribution < 1.29 is 25.8 Å². The minimum absolute atomic E-state index is 0. The summed E-state index contributed by atoms with van der Waals surface area (Å²) in [5.74, 6) is 2.01. The molecule has 0 N–H and O–H groups in total. The van der Waals surface area contributed by atoms with Gasteiger partial charge in [-0.15, -0.1) is 48.1 Å². The zero-order valence-corrected chi connectivity index (χ0v) is 42.0. The molecule has 13 aromatic rings. The van der Waals surface area contributed by atoms with Crippen molar-refractivity contribution in [3.63, 3.8) is 0 Å². The molecule has 0 unspecified atom stereocenters. The minimum atomic E-state index is -0.0377. The summed E-state index contributed by atoms with van der Waals surface area (Å²) in [5, 5.41) is 7.05. The molecule has 14 rings (SSSR count). The summed E-state index contributed by atoms with van der Waals surface area (Å²) in [6, 6.07) is 80.5. The summed E-state index contributed by atoms with van der Waals surface area (Å²) in [6.45, 7) is 8.90. The molecule has 9 aromatic carbocycles. The van der Waals surface area contributed by atoms with E-state index in [1.165, 1.54) is 27.1 Å². The summed E-state index contributed by atoms with van der Waals surface area (Å²) in [4.78, 5) is 9.46. The molecule has 0 radical (unpaired) electrons. The van der Waals surface area contributed by atoms with Gasteiger partial charge in [-0.05, 0) is 83.1 Å². The first-order valence-electron chi connectivity index (χ1n) is 24.1. The number of anilines is 4. The quantitative estimate of drug-likeness (QED) is 0.149. The Morgan fingerprint density at radius 1 is 0.431 bits per heavy atom. The molecule has 350 valence electrons. The predicted molar refractivity (Wildman–Crippen MR) is 292 cm³/mol. The molecule has 5 heterocycles. The van der Waals surface area contributed by atoms with Crippen LogP contribution in [0.4, 0.5) is 22.7 Å². The number of nitrogens with zero attached hydrogens (tertiary/aromatic N) is 6. The van der Waals surface area contributed by atoms with Crippen molar-refractivity contribution >= 4 is 88.2 Å². The third-order valence-electron chi connectivity index (χ3n) is 14.1. The number of benzene rings is 9. The molecular weight excluding hydrogens is 1060 g/mol. The van der Waals surface area contributed by atoms with E-state index in [1.54, 1.807) is 0 Å². The molecule has 0 bridgehead atoms. The maximum absolute atomic E-state index is 6.75. The number of ether oxygens (including phenoxy) is 1. The van der Waals surface area contributed by atoms with E-state index in [0.717, 1.165) is 83.8 Å². The second kappa shape index (κ2) is 16.9. The maximum Gasteiger partial charge on any atom is 0.135 e. The fourth-order valence-corrected chi connectivity index (χ4v) is 10.9. The number of rotatable bonds is 7. The van der Waals surface area contributed by atoms with Gasteiger partial charge in [0, 0.05) is 77.2 Å². The average Bonchev–Trinajstić information content (AvgIpc) is 4.15. The molecule has 1 aliphatic rings. The van der Waals surface area contributed by atoms with Crippen LogP contribution in [-0.2, 0) is 26.5 Å². The molecule has 7 nitrogen and oxygen atoms in total. The number of pyridine rings is 1. The van der Waals surface area contributed by atoms with Crippen molar-refractivity contribution in [2.75, 3.05) is 9.80 Å². The summed E-state index contributed by atoms with van der Waals surface area (Å²) in [7, 11) is 0. The zero-order valence-electron chi connectivity index (χ0n) is 39.7. The van der Waals surface area contributed by atoms with Crippen LogP contribution >= 0.6 is 0 Å². The van der Waals surface area contributed by atoms with Gasteiger partial charge in [-0.2, -0.15) is 12.1 Å². The number of fused-ring (bicyclic) bond motifs is 10. The van der Waals surface area contributed by atoms with E-state index in [1.807, 2.05) is 24.4 Å². The van der Waals surface area contributed by atoms with Crippen LogP contribution in [-0.4, -0.2) is 18.7 Å². The average molecular weight is 1110 g/mol. The van der Waals surface area contributed by atoms with Gasteiger partial charge in [-0.1, -0.05) is 135 Å². The Hall–Kier alpha value is -8.38. The number of para-hydroxylation sites is 8. The molecule has 4 aromatic heterocycles. The monoisotopic (exact) mass is 1110 g/mol. The largest absolute Gasteiger partial charge is 0.509 e. The molecule has 1 aliphatic heterocycles. The predicted octanol–water partition coefficient (Wildman–Crippen LogP) is 16.5. The summed E-state index contributed by atoms with van der Waals surface area (Å²) < 4.78 is 13.8. The van der Waals surface area contributed by atoms with Gasteiger partial charge in [-0.3, -0.25) is 0 Å². The van der Waals surface area contributed by atoms with Gasteiger partial charge in [0.1, 0.15) is 5.82 Å². The van der Waals surface area contributed by atoms with Gasteiger partial charge >= 0.3 is 0 Å². The normalized spacial score (nSPS) is 12.7. The van der Waals surface area contributed by atoms with E-state index in [-0.39, 0.29) is 26.5 Å². The Bertz CT molecular complexity index is 4030. The Kier molecular flexibility index (Phi) is 10.2. The maximum atomic E-state index is 6.75. The number of aromatic nitrogens is 4. The first-order valence-corrected chi connectivity index (χ1v) is 24.1. The summed E-state index contributed by atoms with van der Waals surface area (Å²) >= 11 is 0. The van der Waals surface area contributed by atoms with Crippen LogP contribution in [0, 0.1) is 18.8 Å². The second-order valence-corrected chi connectivity index (χ2v) is 19.3. The van der Waals surface area contributed by atoms with Gasteiger partial charge < -0.3 is 28.2 Å².